The Morgan fingerprint density at radius 3 is 2.71 bits per heavy atom. The van der Waals surface area contributed by atoms with E-state index in [4.69, 9.17) is 21.3 Å². The minimum Gasteiger partial charge on any atom is -0.495 e. The molecule has 1 unspecified atom stereocenters. The first-order valence-electron chi connectivity index (χ1n) is 9.11. The zero-order valence-electron chi connectivity index (χ0n) is 16.4. The molecular weight excluding hydrogens is 392 g/mol. The highest BCUT2D eigenvalue weighted by atomic mass is 35.5. The van der Waals surface area contributed by atoms with E-state index in [0.717, 1.165) is 27.1 Å². The smallest absolute Gasteiger partial charge is 0.238 e. The van der Waals surface area contributed by atoms with E-state index in [2.05, 4.69) is 31.3 Å². The topological polar surface area (TPSA) is 51.2 Å². The molecule has 0 aliphatic heterocycles. The molecule has 0 saturated carbocycles. The van der Waals surface area contributed by atoms with E-state index in [9.17, 15) is 4.79 Å². The summed E-state index contributed by atoms with van der Waals surface area (Å²) in [4.78, 5) is 17.7. The molecular formula is C22H23ClN2O2S. The van der Waals surface area contributed by atoms with Crippen molar-refractivity contribution in [1.29, 1.82) is 0 Å². The number of para-hydroxylation sites is 1. The van der Waals surface area contributed by atoms with Gasteiger partial charge in [0.2, 0.25) is 5.91 Å². The van der Waals surface area contributed by atoms with Crippen LogP contribution in [-0.4, -0.2) is 23.3 Å². The quantitative estimate of drug-likeness (QED) is 0.501. The van der Waals surface area contributed by atoms with Gasteiger partial charge >= 0.3 is 0 Å². The zero-order valence-corrected chi connectivity index (χ0v) is 17.9. The lowest BCUT2D eigenvalue weighted by Crippen LogP contribution is -2.25. The Balaban J connectivity index is 1.84. The van der Waals surface area contributed by atoms with E-state index in [-0.39, 0.29) is 11.2 Å². The van der Waals surface area contributed by atoms with Crippen molar-refractivity contribution in [1.82, 2.24) is 4.98 Å². The van der Waals surface area contributed by atoms with Crippen molar-refractivity contribution < 1.29 is 9.53 Å². The number of aryl methyl sites for hydroxylation is 2. The van der Waals surface area contributed by atoms with Crippen LogP contribution in [0.5, 0.6) is 5.75 Å². The molecule has 0 radical (unpaired) electrons. The number of methoxy groups -OCH3 is 1. The third-order valence-electron chi connectivity index (χ3n) is 4.57. The number of benzene rings is 2. The SMILES string of the molecule is CCC(Sc1cc(C)c2cccc(C)c2n1)C(=O)Nc1cc(Cl)ccc1OC. The zero-order chi connectivity index (χ0) is 20.3. The lowest BCUT2D eigenvalue weighted by Gasteiger charge is -2.17. The Hall–Kier alpha value is -2.24. The van der Waals surface area contributed by atoms with Crippen LogP contribution in [0.4, 0.5) is 5.69 Å². The summed E-state index contributed by atoms with van der Waals surface area (Å²) in [5, 5.41) is 5.19. The summed E-state index contributed by atoms with van der Waals surface area (Å²) in [6.07, 6.45) is 0.673. The van der Waals surface area contributed by atoms with Crippen LogP contribution in [0.25, 0.3) is 10.9 Å². The van der Waals surface area contributed by atoms with Gasteiger partial charge in [-0.1, -0.05) is 48.5 Å². The third-order valence-corrected chi connectivity index (χ3v) is 6.09. The molecule has 3 aromatic rings. The predicted octanol–water partition coefficient (Wildman–Crippen LogP) is 6.02. The maximum Gasteiger partial charge on any atom is 0.238 e. The number of amides is 1. The number of carbonyl (C=O) groups excluding carboxylic acids is 1. The van der Waals surface area contributed by atoms with Crippen LogP contribution in [0, 0.1) is 13.8 Å². The molecule has 3 rings (SSSR count). The minimum atomic E-state index is -0.281. The molecule has 28 heavy (non-hydrogen) atoms. The lowest BCUT2D eigenvalue weighted by molar-refractivity contribution is -0.115. The van der Waals surface area contributed by atoms with Crippen LogP contribution in [0.3, 0.4) is 0 Å². The number of anilines is 1. The molecule has 1 N–H and O–H groups in total. The molecule has 146 valence electrons. The van der Waals surface area contributed by atoms with Gasteiger partial charge in [-0.15, -0.1) is 0 Å². The predicted molar refractivity (Wildman–Crippen MR) is 118 cm³/mol. The van der Waals surface area contributed by atoms with Gasteiger partial charge in [0, 0.05) is 10.4 Å². The largest absolute Gasteiger partial charge is 0.495 e. The first-order chi connectivity index (χ1) is 13.4. The molecule has 2 aromatic carbocycles. The summed E-state index contributed by atoms with van der Waals surface area (Å²) in [6.45, 7) is 6.12. The second-order valence-corrected chi connectivity index (χ2v) is 8.26. The minimum absolute atomic E-state index is 0.0996. The number of ether oxygens (including phenoxy) is 1. The van der Waals surface area contributed by atoms with Crippen LogP contribution in [0.15, 0.2) is 47.5 Å². The maximum atomic E-state index is 12.9. The Morgan fingerprint density at radius 1 is 1.21 bits per heavy atom. The third kappa shape index (κ3) is 4.42. The summed E-state index contributed by atoms with van der Waals surface area (Å²) in [5.74, 6) is 0.477. The van der Waals surface area contributed by atoms with E-state index in [1.807, 2.05) is 19.1 Å². The standard InChI is InChI=1S/C22H23ClN2O2S/c1-5-19(22(26)24-17-12-15(23)9-10-18(17)27-4)28-20-11-14(3)16-8-6-7-13(2)21(16)25-20/h6-12,19H,5H2,1-4H3,(H,24,26). The number of nitrogens with zero attached hydrogens (tertiary/aromatic N) is 1. The first-order valence-corrected chi connectivity index (χ1v) is 10.4. The van der Waals surface area contributed by atoms with Gasteiger partial charge in [-0.25, -0.2) is 4.98 Å². The van der Waals surface area contributed by atoms with Crippen LogP contribution < -0.4 is 10.1 Å². The van der Waals surface area contributed by atoms with Gasteiger partial charge in [0.05, 0.1) is 28.6 Å². The summed E-state index contributed by atoms with van der Waals surface area (Å²) in [5.41, 5.74) is 3.83. The molecule has 0 aliphatic carbocycles. The molecule has 1 aromatic heterocycles. The van der Waals surface area contributed by atoms with Crippen molar-refractivity contribution in [2.75, 3.05) is 12.4 Å². The van der Waals surface area contributed by atoms with E-state index in [0.29, 0.717) is 22.9 Å². The first kappa shape index (κ1) is 20.5. The van der Waals surface area contributed by atoms with Crippen molar-refractivity contribution in [3.63, 3.8) is 0 Å². The number of fused-ring (bicyclic) bond motifs is 1. The Morgan fingerprint density at radius 2 is 2.00 bits per heavy atom. The summed E-state index contributed by atoms with van der Waals surface area (Å²) < 4.78 is 5.32. The van der Waals surface area contributed by atoms with Crippen molar-refractivity contribution in [2.45, 2.75) is 37.5 Å². The fourth-order valence-corrected chi connectivity index (χ4v) is 4.24. The lowest BCUT2D eigenvalue weighted by atomic mass is 10.1. The fourth-order valence-electron chi connectivity index (χ4n) is 3.05. The monoisotopic (exact) mass is 414 g/mol. The van der Waals surface area contributed by atoms with Crippen LogP contribution in [0.1, 0.15) is 24.5 Å². The van der Waals surface area contributed by atoms with E-state index in [1.165, 1.54) is 11.8 Å². The van der Waals surface area contributed by atoms with Crippen LogP contribution >= 0.6 is 23.4 Å². The number of aromatic nitrogens is 1. The second kappa shape index (κ2) is 8.84. The number of hydrogen-bond acceptors (Lipinski definition) is 4. The van der Waals surface area contributed by atoms with Gasteiger partial charge in [0.1, 0.15) is 5.75 Å². The average molecular weight is 415 g/mol. The Kier molecular flexibility index (Phi) is 6.47. The fraction of sp³-hybridized carbons (Fsp3) is 0.273. The van der Waals surface area contributed by atoms with Gasteiger partial charge in [-0.3, -0.25) is 4.79 Å². The molecule has 0 spiro atoms. The highest BCUT2D eigenvalue weighted by molar-refractivity contribution is 8.00. The Bertz CT molecular complexity index is 1020. The number of rotatable bonds is 6. The highest BCUT2D eigenvalue weighted by Crippen LogP contribution is 2.32. The van der Waals surface area contributed by atoms with Crippen molar-refractivity contribution in [3.8, 4) is 5.75 Å². The van der Waals surface area contributed by atoms with Gasteiger partial charge in [0.15, 0.2) is 0 Å². The number of hydrogen-bond donors (Lipinski definition) is 1. The van der Waals surface area contributed by atoms with Crippen molar-refractivity contribution in [3.05, 3.63) is 58.6 Å². The molecule has 4 nitrogen and oxygen atoms in total. The van der Waals surface area contributed by atoms with Gasteiger partial charge < -0.3 is 10.1 Å². The normalized spacial score (nSPS) is 12.0. The molecule has 1 atom stereocenters. The van der Waals surface area contributed by atoms with Crippen molar-refractivity contribution in [2.24, 2.45) is 0 Å². The molecule has 1 amide bonds. The molecule has 0 fully saturated rings. The van der Waals surface area contributed by atoms with Crippen LogP contribution in [-0.2, 0) is 4.79 Å². The molecule has 0 saturated heterocycles. The molecule has 0 bridgehead atoms. The number of carbonyl (C=O) groups is 1. The summed E-state index contributed by atoms with van der Waals surface area (Å²) in [6, 6.07) is 13.4. The number of thioether (sulfide) groups is 1. The highest BCUT2D eigenvalue weighted by Gasteiger charge is 2.21. The van der Waals surface area contributed by atoms with Gasteiger partial charge in [0.25, 0.3) is 0 Å². The molecule has 6 heteroatoms. The Labute approximate surface area is 174 Å². The number of halogens is 1. The summed E-state index contributed by atoms with van der Waals surface area (Å²) >= 11 is 7.54. The van der Waals surface area contributed by atoms with Crippen molar-refractivity contribution >= 4 is 45.9 Å². The number of pyridine rings is 1. The maximum absolute atomic E-state index is 12.9. The molecule has 0 aliphatic rings. The number of nitrogens with one attached hydrogen (secondary N) is 1. The van der Waals surface area contributed by atoms with Gasteiger partial charge in [-0.2, -0.15) is 0 Å². The van der Waals surface area contributed by atoms with E-state index in [1.54, 1.807) is 25.3 Å². The van der Waals surface area contributed by atoms with E-state index < -0.39 is 0 Å². The van der Waals surface area contributed by atoms with Gasteiger partial charge in [-0.05, 0) is 55.7 Å². The average Bonchev–Trinajstić information content (AvgIpc) is 2.67. The van der Waals surface area contributed by atoms with E-state index >= 15 is 0 Å². The van der Waals surface area contributed by atoms with Crippen LogP contribution in [0.2, 0.25) is 5.02 Å². The summed E-state index contributed by atoms with van der Waals surface area (Å²) in [7, 11) is 1.56. The second-order valence-electron chi connectivity index (χ2n) is 6.60. The molecule has 1 heterocycles.